The van der Waals surface area contributed by atoms with Crippen molar-refractivity contribution in [2.75, 3.05) is 35.8 Å². The van der Waals surface area contributed by atoms with Gasteiger partial charge < -0.3 is 25.4 Å². The summed E-state index contributed by atoms with van der Waals surface area (Å²) in [6, 6.07) is 16.6. The lowest BCUT2D eigenvalue weighted by Gasteiger charge is -2.33. The maximum Gasteiger partial charge on any atom is 0.231 e. The minimum atomic E-state index is 0.274. The monoisotopic (exact) mass is 417 g/mol. The zero-order valence-corrected chi connectivity index (χ0v) is 17.5. The molecule has 7 heteroatoms. The van der Waals surface area contributed by atoms with E-state index in [9.17, 15) is 0 Å². The minimum absolute atomic E-state index is 0.274. The summed E-state index contributed by atoms with van der Waals surface area (Å²) in [6.07, 6.45) is 5.00. The maximum absolute atomic E-state index is 6.45. The highest BCUT2D eigenvalue weighted by Gasteiger charge is 2.23. The van der Waals surface area contributed by atoms with Crippen LogP contribution in [-0.2, 0) is 13.0 Å². The second-order valence-corrected chi connectivity index (χ2v) is 8.12. The number of nitrogens with zero attached hydrogens (tertiary/aromatic N) is 3. The molecule has 1 aromatic heterocycles. The molecule has 0 bridgehead atoms. The van der Waals surface area contributed by atoms with Crippen LogP contribution >= 0.6 is 0 Å². The second-order valence-electron chi connectivity index (χ2n) is 8.12. The van der Waals surface area contributed by atoms with Crippen LogP contribution in [0.2, 0.25) is 0 Å². The molecule has 7 nitrogen and oxygen atoms in total. The highest BCUT2D eigenvalue weighted by atomic mass is 16.7. The summed E-state index contributed by atoms with van der Waals surface area (Å²) in [5, 5.41) is 3.34. The molecule has 3 aromatic rings. The van der Waals surface area contributed by atoms with Crippen LogP contribution in [-0.4, -0.2) is 29.9 Å². The predicted molar refractivity (Wildman–Crippen MR) is 121 cm³/mol. The van der Waals surface area contributed by atoms with E-state index >= 15 is 0 Å². The number of piperidine rings is 1. The molecular formula is C24H27N5O2. The fraction of sp³-hybridized carbons (Fsp3) is 0.333. The summed E-state index contributed by atoms with van der Waals surface area (Å²) in [4.78, 5) is 11.1. The molecule has 0 unspecified atom stereocenters. The number of hydrogen-bond acceptors (Lipinski definition) is 7. The zero-order valence-electron chi connectivity index (χ0n) is 17.5. The Kier molecular flexibility index (Phi) is 5.48. The van der Waals surface area contributed by atoms with Gasteiger partial charge in [-0.15, -0.1) is 0 Å². The van der Waals surface area contributed by atoms with Gasteiger partial charge >= 0.3 is 0 Å². The lowest BCUT2D eigenvalue weighted by atomic mass is 9.90. The van der Waals surface area contributed by atoms with Gasteiger partial charge in [-0.25, -0.2) is 9.97 Å². The Morgan fingerprint density at radius 2 is 1.77 bits per heavy atom. The van der Waals surface area contributed by atoms with Crippen LogP contribution in [0.4, 0.5) is 17.3 Å². The molecule has 0 amide bonds. The first-order valence-corrected chi connectivity index (χ1v) is 10.8. The van der Waals surface area contributed by atoms with Crippen molar-refractivity contribution in [3.8, 4) is 11.5 Å². The Balaban J connectivity index is 1.21. The van der Waals surface area contributed by atoms with Gasteiger partial charge in [0.1, 0.15) is 12.0 Å². The van der Waals surface area contributed by atoms with E-state index in [0.29, 0.717) is 24.0 Å². The third-order valence-electron chi connectivity index (χ3n) is 6.04. The molecule has 3 heterocycles. The van der Waals surface area contributed by atoms with Gasteiger partial charge in [-0.1, -0.05) is 36.4 Å². The fourth-order valence-corrected chi connectivity index (χ4v) is 4.31. The average Bonchev–Trinajstić information content (AvgIpc) is 3.28. The Morgan fingerprint density at radius 3 is 2.61 bits per heavy atom. The van der Waals surface area contributed by atoms with Crippen molar-refractivity contribution >= 4 is 17.3 Å². The van der Waals surface area contributed by atoms with Gasteiger partial charge in [0.15, 0.2) is 23.1 Å². The largest absolute Gasteiger partial charge is 0.454 e. The molecule has 0 spiro atoms. The van der Waals surface area contributed by atoms with Crippen molar-refractivity contribution in [3.63, 3.8) is 0 Å². The summed E-state index contributed by atoms with van der Waals surface area (Å²) in [6.45, 7) is 2.79. The van der Waals surface area contributed by atoms with Crippen molar-refractivity contribution in [2.45, 2.75) is 25.8 Å². The molecule has 3 N–H and O–H groups in total. The number of ether oxygens (including phenoxy) is 2. The van der Waals surface area contributed by atoms with Crippen molar-refractivity contribution in [1.82, 2.24) is 9.97 Å². The molecule has 0 aliphatic carbocycles. The number of anilines is 3. The van der Waals surface area contributed by atoms with Crippen LogP contribution in [0.25, 0.3) is 0 Å². The molecule has 0 atom stereocenters. The molecule has 2 aliphatic rings. The first-order chi connectivity index (χ1) is 15.3. The van der Waals surface area contributed by atoms with Gasteiger partial charge in [-0.05, 0) is 48.4 Å². The predicted octanol–water partition coefficient (Wildman–Crippen LogP) is 3.86. The lowest BCUT2D eigenvalue weighted by molar-refractivity contribution is 0.174. The van der Waals surface area contributed by atoms with Crippen LogP contribution in [0.15, 0.2) is 54.9 Å². The van der Waals surface area contributed by atoms with Crippen LogP contribution in [0.5, 0.6) is 11.5 Å². The number of hydrogen-bond donors (Lipinski definition) is 2. The van der Waals surface area contributed by atoms with E-state index in [-0.39, 0.29) is 6.79 Å². The quantitative estimate of drug-likeness (QED) is 0.630. The van der Waals surface area contributed by atoms with Crippen molar-refractivity contribution in [3.05, 3.63) is 66.0 Å². The minimum Gasteiger partial charge on any atom is -0.454 e. The summed E-state index contributed by atoms with van der Waals surface area (Å²) in [7, 11) is 0. The SMILES string of the molecule is Nc1c(NCc2ccc3c(c2)OCO3)ncnc1N1CCC(Cc2ccccc2)CC1. The third-order valence-corrected chi connectivity index (χ3v) is 6.04. The topological polar surface area (TPSA) is 85.5 Å². The van der Waals surface area contributed by atoms with Gasteiger partial charge in [-0.3, -0.25) is 0 Å². The normalized spacial score (nSPS) is 15.8. The van der Waals surface area contributed by atoms with E-state index in [4.69, 9.17) is 15.2 Å². The summed E-state index contributed by atoms with van der Waals surface area (Å²) >= 11 is 0. The number of nitrogens with two attached hydrogens (primary N) is 1. The van der Waals surface area contributed by atoms with Gasteiger partial charge in [-0.2, -0.15) is 0 Å². The van der Waals surface area contributed by atoms with Crippen molar-refractivity contribution < 1.29 is 9.47 Å². The molecule has 5 rings (SSSR count). The molecule has 0 radical (unpaired) electrons. The number of nitrogen functional groups attached to an aromatic ring is 1. The number of benzene rings is 2. The molecular weight excluding hydrogens is 390 g/mol. The van der Waals surface area contributed by atoms with Crippen LogP contribution in [0, 0.1) is 5.92 Å². The van der Waals surface area contributed by atoms with E-state index in [1.54, 1.807) is 6.33 Å². The fourth-order valence-electron chi connectivity index (χ4n) is 4.31. The van der Waals surface area contributed by atoms with Gasteiger partial charge in [0, 0.05) is 19.6 Å². The summed E-state index contributed by atoms with van der Waals surface area (Å²) in [5.41, 5.74) is 9.54. The Bertz CT molecular complexity index is 1040. The zero-order chi connectivity index (χ0) is 21.0. The Morgan fingerprint density at radius 1 is 0.968 bits per heavy atom. The van der Waals surface area contributed by atoms with Crippen LogP contribution < -0.4 is 25.4 Å². The second kappa shape index (κ2) is 8.71. The summed E-state index contributed by atoms with van der Waals surface area (Å²) in [5.74, 6) is 3.73. The van der Waals surface area contributed by atoms with E-state index in [2.05, 4.69) is 50.5 Å². The molecule has 1 saturated heterocycles. The maximum atomic E-state index is 6.45. The molecule has 0 saturated carbocycles. The van der Waals surface area contributed by atoms with E-state index in [1.807, 2.05) is 18.2 Å². The smallest absolute Gasteiger partial charge is 0.231 e. The Labute approximate surface area is 182 Å². The summed E-state index contributed by atoms with van der Waals surface area (Å²) < 4.78 is 10.8. The van der Waals surface area contributed by atoms with Gasteiger partial charge in [0.05, 0.1) is 0 Å². The molecule has 2 aliphatic heterocycles. The molecule has 2 aromatic carbocycles. The number of fused-ring (bicyclic) bond motifs is 1. The van der Waals surface area contributed by atoms with Crippen molar-refractivity contribution in [2.24, 2.45) is 5.92 Å². The highest BCUT2D eigenvalue weighted by molar-refractivity contribution is 5.75. The van der Waals surface area contributed by atoms with Crippen molar-refractivity contribution in [1.29, 1.82) is 0 Å². The average molecular weight is 418 g/mol. The molecule has 31 heavy (non-hydrogen) atoms. The number of aromatic nitrogens is 2. The van der Waals surface area contributed by atoms with Crippen LogP contribution in [0.1, 0.15) is 24.0 Å². The van der Waals surface area contributed by atoms with E-state index in [1.165, 1.54) is 5.56 Å². The van der Waals surface area contributed by atoms with Gasteiger partial charge in [0.25, 0.3) is 0 Å². The number of nitrogens with one attached hydrogen (secondary N) is 1. The molecule has 160 valence electrons. The lowest BCUT2D eigenvalue weighted by Crippen LogP contribution is -2.35. The standard InChI is InChI=1S/C24H27N5O2/c25-22-23(26-14-19-6-7-20-21(13-19)31-16-30-20)27-15-28-24(22)29-10-8-18(9-11-29)12-17-4-2-1-3-5-17/h1-7,13,15,18H,8-12,14,16,25H2,(H,26,27,28). The third kappa shape index (κ3) is 4.35. The van der Waals surface area contributed by atoms with Gasteiger partial charge in [0.2, 0.25) is 6.79 Å². The highest BCUT2D eigenvalue weighted by Crippen LogP contribution is 2.34. The van der Waals surface area contributed by atoms with E-state index in [0.717, 1.165) is 55.2 Å². The van der Waals surface area contributed by atoms with Crippen LogP contribution in [0.3, 0.4) is 0 Å². The molecule has 1 fully saturated rings. The first-order valence-electron chi connectivity index (χ1n) is 10.8. The first kappa shape index (κ1) is 19.5. The Hall–Kier alpha value is -3.48. The number of rotatable bonds is 6. The van der Waals surface area contributed by atoms with E-state index < -0.39 is 0 Å².